The van der Waals surface area contributed by atoms with Gasteiger partial charge in [-0.3, -0.25) is 14.2 Å². The lowest BCUT2D eigenvalue weighted by Gasteiger charge is -2.19. The maximum atomic E-state index is 13.1. The van der Waals surface area contributed by atoms with Crippen LogP contribution in [0.1, 0.15) is 54.9 Å². The van der Waals surface area contributed by atoms with E-state index < -0.39 is 40.7 Å². The van der Waals surface area contributed by atoms with Crippen molar-refractivity contribution >= 4 is 35.1 Å². The molecule has 1 heterocycles. The van der Waals surface area contributed by atoms with E-state index in [9.17, 15) is 32.3 Å². The Labute approximate surface area is 308 Å². The monoisotopic (exact) mass is 761 g/mol. The first-order valence-corrected chi connectivity index (χ1v) is 16.3. The van der Waals surface area contributed by atoms with E-state index in [0.717, 1.165) is 19.0 Å². The molecule has 0 radical (unpaired) electrons. The Morgan fingerprint density at radius 1 is 0.981 bits per heavy atom. The molecule has 276 valence electrons. The largest absolute Gasteiger partial charge is 0.489 e. The van der Waals surface area contributed by atoms with Gasteiger partial charge in [-0.25, -0.2) is 14.2 Å². The second-order valence-electron chi connectivity index (χ2n) is 11.8. The van der Waals surface area contributed by atoms with Crippen LogP contribution < -0.4 is 26.0 Å². The quantitative estimate of drug-likeness (QED) is 0.140. The van der Waals surface area contributed by atoms with Gasteiger partial charge in [0.15, 0.2) is 6.10 Å². The fourth-order valence-corrected chi connectivity index (χ4v) is 5.04. The van der Waals surface area contributed by atoms with Crippen LogP contribution in [-0.4, -0.2) is 39.8 Å². The van der Waals surface area contributed by atoms with Crippen LogP contribution in [0.4, 0.5) is 13.2 Å². The van der Waals surface area contributed by atoms with Gasteiger partial charge in [0.2, 0.25) is 0 Å². The second-order valence-corrected chi connectivity index (χ2v) is 12.7. The molecule has 0 aliphatic heterocycles. The maximum Gasteiger partial charge on any atom is 0.431 e. The molecule has 0 saturated heterocycles. The number of halogens is 5. The molecule has 4 aromatic rings. The molecule has 52 heavy (non-hydrogen) atoms. The van der Waals surface area contributed by atoms with Crippen molar-refractivity contribution in [3.05, 3.63) is 120 Å². The fourth-order valence-electron chi connectivity index (χ4n) is 4.52. The standard InChI is InChI=1S/C25H25F3N2O6.C12H11Cl2NO/c1-5-16-6-7-17(20(12-16)36-15(2)23(32)34-4)14-35-19-10-8-18(9-11-19)30-22(31)13-21(25(26,27)28)29(3)24(30)33;1-4-12(2,3)15-11(16)8-5-9(13)7-10(14)6-8/h6-13,15H,5,14H2,1-4H3;1,5-7H,2-3H3,(H,15,16). The van der Waals surface area contributed by atoms with Crippen LogP contribution in [0.2, 0.25) is 10.0 Å². The number of carbonyl (C=O) groups excluding carboxylic acids is 2. The molecule has 3 aromatic carbocycles. The molecule has 0 aliphatic rings. The van der Waals surface area contributed by atoms with Crippen LogP contribution in [0.25, 0.3) is 5.69 Å². The lowest BCUT2D eigenvalue weighted by molar-refractivity contribution is -0.148. The molecular weight excluding hydrogens is 726 g/mol. The van der Waals surface area contributed by atoms with Crippen molar-refractivity contribution < 1.29 is 37.0 Å². The maximum absolute atomic E-state index is 13.1. The molecule has 0 fully saturated rings. The highest BCUT2D eigenvalue weighted by Gasteiger charge is 2.35. The number of nitrogens with zero attached hydrogens (tertiary/aromatic N) is 2. The minimum absolute atomic E-state index is 0.0779. The molecule has 1 unspecified atom stereocenters. The number of terminal acetylenes is 1. The number of ether oxygens (including phenoxy) is 3. The Bertz CT molecular complexity index is 2070. The van der Waals surface area contributed by atoms with Gasteiger partial charge in [0.25, 0.3) is 11.5 Å². The molecule has 10 nitrogen and oxygen atoms in total. The fraction of sp³-hybridized carbons (Fsp3) is 0.297. The molecule has 15 heteroatoms. The lowest BCUT2D eigenvalue weighted by Crippen LogP contribution is -2.42. The molecule has 1 amide bonds. The van der Waals surface area contributed by atoms with Gasteiger partial charge in [0.05, 0.1) is 18.3 Å². The number of esters is 1. The molecule has 4 rings (SSSR count). The van der Waals surface area contributed by atoms with Crippen LogP contribution in [0.3, 0.4) is 0 Å². The smallest absolute Gasteiger partial charge is 0.431 e. The predicted molar refractivity (Wildman–Crippen MR) is 191 cm³/mol. The second kappa shape index (κ2) is 17.4. The number of methoxy groups -OCH3 is 1. The zero-order valence-corrected chi connectivity index (χ0v) is 30.6. The highest BCUT2D eigenvalue weighted by molar-refractivity contribution is 6.35. The van der Waals surface area contributed by atoms with Gasteiger partial charge in [-0.2, -0.15) is 13.2 Å². The summed E-state index contributed by atoms with van der Waals surface area (Å²) in [5, 5.41) is 3.51. The Balaban J connectivity index is 0.000000381. The molecule has 1 atom stereocenters. The van der Waals surface area contributed by atoms with Gasteiger partial charge in [-0.1, -0.05) is 48.2 Å². The van der Waals surface area contributed by atoms with Crippen molar-refractivity contribution in [2.75, 3.05) is 7.11 Å². The predicted octanol–water partition coefficient (Wildman–Crippen LogP) is 6.77. The van der Waals surface area contributed by atoms with Gasteiger partial charge in [0.1, 0.15) is 23.8 Å². The number of benzene rings is 3. The van der Waals surface area contributed by atoms with Crippen LogP contribution in [0.5, 0.6) is 11.5 Å². The topological polar surface area (TPSA) is 118 Å². The van der Waals surface area contributed by atoms with E-state index in [0.29, 0.717) is 47.9 Å². The summed E-state index contributed by atoms with van der Waals surface area (Å²) < 4.78 is 56.5. The summed E-state index contributed by atoms with van der Waals surface area (Å²) in [5.74, 6) is 2.49. The zero-order valence-electron chi connectivity index (χ0n) is 29.1. The SMILES string of the molecule is C#CC(C)(C)NC(=O)c1cc(Cl)cc(Cl)c1.CCc1ccc(COc2ccc(-n3c(=O)cc(C(F)(F)F)n(C)c3=O)cc2)c(OC(C)C(=O)OC)c1. The first-order chi connectivity index (χ1) is 24.3. The van der Waals surface area contributed by atoms with Crippen molar-refractivity contribution in [1.82, 2.24) is 14.5 Å². The average molecular weight is 763 g/mol. The summed E-state index contributed by atoms with van der Waals surface area (Å²) in [6, 6.07) is 16.3. The molecule has 0 aliphatic carbocycles. The summed E-state index contributed by atoms with van der Waals surface area (Å²) in [4.78, 5) is 48.3. The number of amides is 1. The number of rotatable bonds is 10. The summed E-state index contributed by atoms with van der Waals surface area (Å²) >= 11 is 11.6. The molecular formula is C37H36Cl2F3N3O7. The summed E-state index contributed by atoms with van der Waals surface area (Å²) in [5.41, 5.74) is -2.12. The number of carbonyl (C=O) groups is 2. The van der Waals surface area contributed by atoms with E-state index in [1.807, 2.05) is 25.1 Å². The van der Waals surface area contributed by atoms with Crippen LogP contribution >= 0.6 is 23.2 Å². The van der Waals surface area contributed by atoms with E-state index in [-0.39, 0.29) is 18.2 Å². The average Bonchev–Trinajstić information content (AvgIpc) is 3.08. The molecule has 0 saturated carbocycles. The first-order valence-electron chi connectivity index (χ1n) is 15.6. The zero-order chi connectivity index (χ0) is 39.0. The number of aryl methyl sites for hydroxylation is 1. The van der Waals surface area contributed by atoms with E-state index in [4.69, 9.17) is 43.8 Å². The van der Waals surface area contributed by atoms with Crippen molar-refractivity contribution in [2.45, 2.75) is 58.5 Å². The van der Waals surface area contributed by atoms with Crippen LogP contribution in [-0.2, 0) is 35.8 Å². The van der Waals surface area contributed by atoms with E-state index >= 15 is 0 Å². The third-order valence-corrected chi connectivity index (χ3v) is 7.82. The van der Waals surface area contributed by atoms with Crippen LogP contribution in [0, 0.1) is 12.3 Å². The van der Waals surface area contributed by atoms with Gasteiger partial charge in [-0.05, 0) is 81.3 Å². The van der Waals surface area contributed by atoms with Crippen molar-refractivity contribution in [3.8, 4) is 29.5 Å². The number of nitrogens with one attached hydrogen (secondary N) is 1. The van der Waals surface area contributed by atoms with Gasteiger partial charge >= 0.3 is 17.8 Å². The highest BCUT2D eigenvalue weighted by Crippen LogP contribution is 2.28. The third kappa shape index (κ3) is 10.9. The minimum atomic E-state index is -4.84. The Hall–Kier alpha value is -5.19. The Morgan fingerprint density at radius 2 is 1.60 bits per heavy atom. The van der Waals surface area contributed by atoms with Gasteiger partial charge in [-0.15, -0.1) is 6.42 Å². The lowest BCUT2D eigenvalue weighted by atomic mass is 10.1. The van der Waals surface area contributed by atoms with Gasteiger partial charge < -0.3 is 19.5 Å². The molecule has 0 bridgehead atoms. The number of alkyl halides is 3. The van der Waals surface area contributed by atoms with E-state index in [2.05, 4.69) is 11.2 Å². The van der Waals surface area contributed by atoms with Crippen molar-refractivity contribution in [3.63, 3.8) is 0 Å². The van der Waals surface area contributed by atoms with Crippen molar-refractivity contribution in [2.24, 2.45) is 7.05 Å². The molecule has 0 spiro atoms. The third-order valence-electron chi connectivity index (χ3n) is 7.39. The number of aromatic nitrogens is 2. The minimum Gasteiger partial charge on any atom is -0.489 e. The highest BCUT2D eigenvalue weighted by atomic mass is 35.5. The Kier molecular flexibility index (Phi) is 13.8. The Morgan fingerprint density at radius 3 is 2.13 bits per heavy atom. The van der Waals surface area contributed by atoms with Crippen LogP contribution in [0.15, 0.2) is 76.3 Å². The van der Waals surface area contributed by atoms with Gasteiger partial charge in [0, 0.05) is 34.3 Å². The summed E-state index contributed by atoms with van der Waals surface area (Å²) in [6.45, 7) is 7.10. The molecule has 1 aromatic heterocycles. The molecule has 1 N–H and O–H groups in total. The summed E-state index contributed by atoms with van der Waals surface area (Å²) in [7, 11) is 2.22. The summed E-state index contributed by atoms with van der Waals surface area (Å²) in [6.07, 6.45) is 0.368. The van der Waals surface area contributed by atoms with E-state index in [1.54, 1.807) is 26.8 Å². The first kappa shape index (κ1) is 41.2. The normalized spacial score (nSPS) is 11.7. The van der Waals surface area contributed by atoms with E-state index in [1.165, 1.54) is 43.5 Å². The number of hydrogen-bond donors (Lipinski definition) is 1. The number of hydrogen-bond acceptors (Lipinski definition) is 7. The van der Waals surface area contributed by atoms with Crippen molar-refractivity contribution in [1.29, 1.82) is 0 Å².